The normalized spacial score (nSPS) is 10.7. The van der Waals surface area contributed by atoms with Crippen molar-refractivity contribution in [2.45, 2.75) is 19.8 Å². The average Bonchev–Trinajstić information content (AvgIpc) is 2.44. The largest absolute Gasteiger partial charge is 0.396 e. The molecule has 0 fully saturated rings. The smallest absolute Gasteiger partial charge is 0.261 e. The van der Waals surface area contributed by atoms with Gasteiger partial charge in [0.15, 0.2) is 5.82 Å². The summed E-state index contributed by atoms with van der Waals surface area (Å²) in [7, 11) is 0. The zero-order valence-electron chi connectivity index (χ0n) is 11.8. The molecule has 0 aliphatic carbocycles. The van der Waals surface area contributed by atoms with Gasteiger partial charge in [0, 0.05) is 5.69 Å². The van der Waals surface area contributed by atoms with Crippen molar-refractivity contribution < 1.29 is 13.6 Å². The van der Waals surface area contributed by atoms with Crippen LogP contribution in [0.15, 0.2) is 36.4 Å². The summed E-state index contributed by atoms with van der Waals surface area (Å²) in [4.78, 5) is 12.0. The van der Waals surface area contributed by atoms with E-state index < -0.39 is 23.1 Å². The molecule has 2 aromatic carbocycles. The van der Waals surface area contributed by atoms with Gasteiger partial charge < -0.3 is 11.1 Å². The molecule has 3 N–H and O–H groups in total. The predicted octanol–water partition coefficient (Wildman–Crippen LogP) is 3.92. The first-order chi connectivity index (χ1) is 9.90. The van der Waals surface area contributed by atoms with Crippen LogP contribution >= 0.6 is 0 Å². The van der Waals surface area contributed by atoms with Gasteiger partial charge in [-0.15, -0.1) is 0 Å². The summed E-state index contributed by atoms with van der Waals surface area (Å²) in [5, 5.41) is 2.46. The average molecular weight is 290 g/mol. The number of carbonyl (C=O) groups is 1. The van der Waals surface area contributed by atoms with E-state index in [4.69, 9.17) is 5.73 Å². The van der Waals surface area contributed by atoms with Gasteiger partial charge in [0.2, 0.25) is 0 Å². The van der Waals surface area contributed by atoms with E-state index in [1.165, 1.54) is 0 Å². The van der Waals surface area contributed by atoms with Gasteiger partial charge in [-0.3, -0.25) is 4.79 Å². The fraction of sp³-hybridized carbons (Fsp3) is 0.188. The number of carbonyl (C=O) groups excluding carboxylic acids is 1. The van der Waals surface area contributed by atoms with Crippen molar-refractivity contribution in [2.75, 3.05) is 11.1 Å². The molecule has 0 aromatic heterocycles. The highest BCUT2D eigenvalue weighted by Gasteiger charge is 2.19. The highest BCUT2D eigenvalue weighted by atomic mass is 19.1. The molecule has 0 atom stereocenters. The van der Waals surface area contributed by atoms with Crippen molar-refractivity contribution >= 4 is 17.3 Å². The number of benzene rings is 2. The first-order valence-corrected chi connectivity index (χ1v) is 6.55. The second-order valence-electron chi connectivity index (χ2n) is 5.06. The number of rotatable bonds is 3. The van der Waals surface area contributed by atoms with Crippen LogP contribution in [0.1, 0.15) is 35.7 Å². The molecule has 1 amide bonds. The van der Waals surface area contributed by atoms with E-state index in [1.807, 2.05) is 26.0 Å². The van der Waals surface area contributed by atoms with E-state index in [-0.39, 0.29) is 5.69 Å². The summed E-state index contributed by atoms with van der Waals surface area (Å²) >= 11 is 0. The Bertz CT molecular complexity index is 667. The van der Waals surface area contributed by atoms with Crippen molar-refractivity contribution in [3.05, 3.63) is 59.2 Å². The highest BCUT2D eigenvalue weighted by molar-refractivity contribution is 6.05. The van der Waals surface area contributed by atoms with Crippen LogP contribution in [-0.2, 0) is 0 Å². The van der Waals surface area contributed by atoms with Gasteiger partial charge in [-0.1, -0.05) is 26.0 Å². The molecule has 0 saturated carbocycles. The summed E-state index contributed by atoms with van der Waals surface area (Å²) in [5.41, 5.74) is 5.98. The van der Waals surface area contributed by atoms with Crippen LogP contribution < -0.4 is 11.1 Å². The Kier molecular flexibility index (Phi) is 4.21. The van der Waals surface area contributed by atoms with E-state index in [9.17, 15) is 13.6 Å². The van der Waals surface area contributed by atoms with Crippen LogP contribution in [0.4, 0.5) is 20.2 Å². The number of hydrogen-bond donors (Lipinski definition) is 2. The van der Waals surface area contributed by atoms with Crippen molar-refractivity contribution in [3.63, 3.8) is 0 Å². The Labute approximate surface area is 121 Å². The SMILES string of the molecule is CC(C)c1ccc(NC(=O)c2c(F)ccc(N)c2F)cc1. The van der Waals surface area contributed by atoms with Crippen LogP contribution in [0.3, 0.4) is 0 Å². The molecule has 2 aromatic rings. The molecule has 110 valence electrons. The predicted molar refractivity (Wildman–Crippen MR) is 79.3 cm³/mol. The second-order valence-corrected chi connectivity index (χ2v) is 5.06. The molecule has 0 aliphatic rings. The van der Waals surface area contributed by atoms with E-state index in [2.05, 4.69) is 5.32 Å². The Morgan fingerprint density at radius 3 is 2.29 bits per heavy atom. The Morgan fingerprint density at radius 2 is 1.71 bits per heavy atom. The molecule has 0 heterocycles. The number of hydrogen-bond acceptors (Lipinski definition) is 2. The molecule has 0 aliphatic heterocycles. The lowest BCUT2D eigenvalue weighted by molar-refractivity contribution is 0.101. The topological polar surface area (TPSA) is 55.1 Å². The minimum atomic E-state index is -1.05. The summed E-state index contributed by atoms with van der Waals surface area (Å²) < 4.78 is 27.4. The highest BCUT2D eigenvalue weighted by Crippen LogP contribution is 2.21. The monoisotopic (exact) mass is 290 g/mol. The molecule has 0 unspecified atom stereocenters. The summed E-state index contributed by atoms with van der Waals surface area (Å²) in [6.45, 7) is 4.09. The van der Waals surface area contributed by atoms with Crippen molar-refractivity contribution in [2.24, 2.45) is 0 Å². The molecule has 0 spiro atoms. The summed E-state index contributed by atoms with van der Waals surface area (Å²) in [5.74, 6) is -2.50. The van der Waals surface area contributed by atoms with Crippen LogP contribution in [0.25, 0.3) is 0 Å². The lowest BCUT2D eigenvalue weighted by Crippen LogP contribution is -2.16. The van der Waals surface area contributed by atoms with Crippen LogP contribution in [0, 0.1) is 11.6 Å². The number of nitrogen functional groups attached to an aromatic ring is 1. The van der Waals surface area contributed by atoms with Crippen molar-refractivity contribution in [1.29, 1.82) is 0 Å². The second kappa shape index (κ2) is 5.91. The third kappa shape index (κ3) is 3.18. The molecule has 0 bridgehead atoms. The molecular formula is C16H16F2N2O. The number of amides is 1. The molecule has 0 radical (unpaired) electrons. The Hall–Kier alpha value is -2.43. The molecule has 5 heteroatoms. The number of nitrogens with two attached hydrogens (primary N) is 1. The first kappa shape index (κ1) is 15.0. The fourth-order valence-corrected chi connectivity index (χ4v) is 1.92. The maximum Gasteiger partial charge on any atom is 0.261 e. The third-order valence-corrected chi connectivity index (χ3v) is 3.18. The van der Waals surface area contributed by atoms with Gasteiger partial charge in [-0.25, -0.2) is 8.78 Å². The fourth-order valence-electron chi connectivity index (χ4n) is 1.92. The van der Waals surface area contributed by atoms with Gasteiger partial charge in [-0.2, -0.15) is 0 Å². The molecule has 0 saturated heterocycles. The number of nitrogens with one attached hydrogen (secondary N) is 1. The van der Waals surface area contributed by atoms with Crippen LogP contribution in [0.5, 0.6) is 0 Å². The van der Waals surface area contributed by atoms with Crippen molar-refractivity contribution in [1.82, 2.24) is 0 Å². The zero-order chi connectivity index (χ0) is 15.6. The minimum absolute atomic E-state index is 0.267. The van der Waals surface area contributed by atoms with Gasteiger partial charge in [0.25, 0.3) is 5.91 Å². The summed E-state index contributed by atoms with van der Waals surface area (Å²) in [6, 6.07) is 9.14. The maximum atomic E-state index is 13.8. The number of anilines is 2. The van der Waals surface area contributed by atoms with E-state index >= 15 is 0 Å². The van der Waals surface area contributed by atoms with E-state index in [0.717, 1.165) is 17.7 Å². The maximum absolute atomic E-state index is 13.8. The Morgan fingerprint density at radius 1 is 1.10 bits per heavy atom. The number of halogens is 2. The van der Waals surface area contributed by atoms with E-state index in [0.29, 0.717) is 11.6 Å². The minimum Gasteiger partial charge on any atom is -0.396 e. The van der Waals surface area contributed by atoms with Gasteiger partial charge in [0.05, 0.1) is 5.69 Å². The molecular weight excluding hydrogens is 274 g/mol. The quantitative estimate of drug-likeness (QED) is 0.842. The molecule has 21 heavy (non-hydrogen) atoms. The lowest BCUT2D eigenvalue weighted by Gasteiger charge is -2.10. The Balaban J connectivity index is 2.24. The van der Waals surface area contributed by atoms with Crippen molar-refractivity contribution in [3.8, 4) is 0 Å². The lowest BCUT2D eigenvalue weighted by atomic mass is 10.0. The molecule has 2 rings (SSSR count). The third-order valence-electron chi connectivity index (χ3n) is 3.18. The molecule has 3 nitrogen and oxygen atoms in total. The zero-order valence-corrected chi connectivity index (χ0v) is 11.8. The first-order valence-electron chi connectivity index (χ1n) is 6.55. The van der Waals surface area contributed by atoms with Crippen LogP contribution in [0.2, 0.25) is 0 Å². The van der Waals surface area contributed by atoms with Gasteiger partial charge in [0.1, 0.15) is 11.4 Å². The van der Waals surface area contributed by atoms with Gasteiger partial charge in [-0.05, 0) is 35.7 Å². The van der Waals surface area contributed by atoms with Crippen LogP contribution in [-0.4, -0.2) is 5.91 Å². The summed E-state index contributed by atoms with van der Waals surface area (Å²) in [6.07, 6.45) is 0. The van der Waals surface area contributed by atoms with Gasteiger partial charge >= 0.3 is 0 Å². The standard InChI is InChI=1S/C16H16F2N2O/c1-9(2)10-3-5-11(6-4-10)20-16(21)14-12(17)7-8-13(19)15(14)18/h3-9H,19H2,1-2H3,(H,20,21). The van der Waals surface area contributed by atoms with E-state index in [1.54, 1.807) is 12.1 Å².